The van der Waals surface area contributed by atoms with Crippen molar-refractivity contribution in [1.29, 1.82) is 10.8 Å². The number of rotatable bonds is 12. The van der Waals surface area contributed by atoms with Crippen LogP contribution in [0.1, 0.15) is 53.4 Å². The molecule has 0 heterocycles. The highest BCUT2D eigenvalue weighted by Gasteiger charge is 2.28. The lowest BCUT2D eigenvalue weighted by Crippen LogP contribution is -2.43. The first kappa shape index (κ1) is 23.5. The van der Waals surface area contributed by atoms with Gasteiger partial charge in [-0.1, -0.05) is 0 Å². The van der Waals surface area contributed by atoms with E-state index in [2.05, 4.69) is 20.9 Å². The number of nitrogens with one attached hydrogen (secondary N) is 4. The number of hydrogen-bond acceptors (Lipinski definition) is 6. The van der Waals surface area contributed by atoms with Crippen molar-refractivity contribution in [3.05, 3.63) is 0 Å². The van der Waals surface area contributed by atoms with Crippen molar-refractivity contribution in [2.45, 2.75) is 64.5 Å². The molecule has 0 radical (unpaired) electrons. The first-order valence-corrected chi connectivity index (χ1v) is 8.42. The lowest BCUT2D eigenvalue weighted by Gasteiger charge is -2.25. The largest absolute Gasteiger partial charge is 0.481 e. The number of azo groups is 1. The Hall–Kier alpha value is -2.52. The number of carbonyl (C=O) groups is 2. The summed E-state index contributed by atoms with van der Waals surface area (Å²) in [6.07, 6.45) is 0.864. The van der Waals surface area contributed by atoms with Crippen molar-refractivity contribution in [2.24, 2.45) is 10.2 Å². The molecule has 0 fully saturated rings. The van der Waals surface area contributed by atoms with Gasteiger partial charge < -0.3 is 20.8 Å². The topological polar surface area (TPSA) is 171 Å². The van der Waals surface area contributed by atoms with Crippen LogP contribution in [0.3, 0.4) is 0 Å². The third kappa shape index (κ3) is 9.70. The molecule has 0 saturated heterocycles. The molecular weight excluding hydrogens is 340 g/mol. The molecule has 148 valence electrons. The minimum Gasteiger partial charge on any atom is -0.481 e. The van der Waals surface area contributed by atoms with Crippen LogP contribution in [-0.4, -0.2) is 58.0 Å². The Morgan fingerprint density at radius 1 is 0.808 bits per heavy atom. The van der Waals surface area contributed by atoms with Gasteiger partial charge in [0.25, 0.3) is 0 Å². The van der Waals surface area contributed by atoms with Gasteiger partial charge in [-0.05, 0) is 40.5 Å². The summed E-state index contributed by atoms with van der Waals surface area (Å²) in [5.41, 5.74) is -1.88. The minimum absolute atomic E-state index is 0.0277. The second-order valence-corrected chi connectivity index (χ2v) is 6.92. The molecule has 0 atom stereocenters. The Labute approximate surface area is 153 Å². The molecule has 0 aromatic carbocycles. The molecule has 0 aliphatic heterocycles. The van der Waals surface area contributed by atoms with Crippen molar-refractivity contribution >= 4 is 23.6 Å². The number of carboxylic acid groups (broad SMARTS) is 2. The van der Waals surface area contributed by atoms with E-state index in [-0.39, 0.29) is 24.5 Å². The van der Waals surface area contributed by atoms with Crippen molar-refractivity contribution in [3.63, 3.8) is 0 Å². The van der Waals surface area contributed by atoms with Crippen molar-refractivity contribution in [2.75, 3.05) is 13.1 Å². The Balaban J connectivity index is 4.55. The van der Waals surface area contributed by atoms with Crippen LogP contribution in [0.2, 0.25) is 0 Å². The second kappa shape index (κ2) is 10.5. The van der Waals surface area contributed by atoms with Crippen molar-refractivity contribution < 1.29 is 19.8 Å². The number of hydrogen-bond donors (Lipinski definition) is 6. The van der Waals surface area contributed by atoms with E-state index >= 15 is 0 Å². The summed E-state index contributed by atoms with van der Waals surface area (Å²) in [4.78, 5) is 21.0. The summed E-state index contributed by atoms with van der Waals surface area (Å²) >= 11 is 0. The van der Waals surface area contributed by atoms with E-state index in [9.17, 15) is 9.59 Å². The normalized spacial score (nSPS) is 12.0. The number of carboxylic acids is 2. The average molecular weight is 370 g/mol. The van der Waals surface area contributed by atoms with Crippen molar-refractivity contribution in [3.8, 4) is 0 Å². The third-order valence-corrected chi connectivity index (χ3v) is 3.51. The van der Waals surface area contributed by atoms with Crippen LogP contribution in [0.25, 0.3) is 0 Å². The van der Waals surface area contributed by atoms with Gasteiger partial charge in [0, 0.05) is 25.9 Å². The molecule has 6 N–H and O–H groups in total. The number of nitrogens with zero attached hydrogens (tertiary/aromatic N) is 2. The maximum Gasteiger partial charge on any atom is 0.303 e. The SMILES string of the molecule is CC(C)(/N=N/C(C)(C)C(=N)NCCCC(=O)O)C(=N)NCCCC(=O)O. The average Bonchev–Trinajstić information content (AvgIpc) is 2.53. The first-order chi connectivity index (χ1) is 11.9. The zero-order valence-corrected chi connectivity index (χ0v) is 15.8. The zero-order chi connectivity index (χ0) is 20.4. The third-order valence-electron chi connectivity index (χ3n) is 3.51. The van der Waals surface area contributed by atoms with Gasteiger partial charge in [0.15, 0.2) is 0 Å². The van der Waals surface area contributed by atoms with Crippen LogP contribution in [-0.2, 0) is 9.59 Å². The standard InChI is InChI=1S/C16H30N6O4/c1-15(2,13(17)19-9-5-7-11(23)24)21-22-16(3,4)14(18)20-10-6-8-12(25)26/h5-10H2,1-4H3,(H2,17,19)(H2,18,20)(H,23,24)(H,25,26)/b22-21+. The fourth-order valence-electron chi connectivity index (χ4n) is 1.69. The summed E-state index contributed by atoms with van der Waals surface area (Å²) in [5.74, 6) is -1.53. The van der Waals surface area contributed by atoms with Crippen LogP contribution in [0.15, 0.2) is 10.2 Å². The van der Waals surface area contributed by atoms with Crippen LogP contribution in [0.4, 0.5) is 0 Å². The highest BCUT2D eigenvalue weighted by atomic mass is 16.4. The van der Waals surface area contributed by atoms with Gasteiger partial charge in [0.05, 0.1) is 0 Å². The molecule has 0 spiro atoms. The summed E-state index contributed by atoms with van der Waals surface area (Å²) < 4.78 is 0. The first-order valence-electron chi connectivity index (χ1n) is 8.42. The maximum atomic E-state index is 10.5. The van der Waals surface area contributed by atoms with E-state index in [0.717, 1.165) is 0 Å². The molecule has 0 amide bonds. The van der Waals surface area contributed by atoms with E-state index < -0.39 is 23.0 Å². The van der Waals surface area contributed by atoms with E-state index in [0.29, 0.717) is 25.9 Å². The summed E-state index contributed by atoms with van der Waals surface area (Å²) in [6.45, 7) is 7.50. The van der Waals surface area contributed by atoms with E-state index in [1.54, 1.807) is 27.7 Å². The maximum absolute atomic E-state index is 10.5. The summed E-state index contributed by atoms with van der Waals surface area (Å²) in [7, 11) is 0. The zero-order valence-electron chi connectivity index (χ0n) is 15.8. The van der Waals surface area contributed by atoms with E-state index in [1.807, 2.05) is 0 Å². The molecule has 0 bridgehead atoms. The Morgan fingerprint density at radius 3 is 1.38 bits per heavy atom. The Bertz CT molecular complexity index is 509. The van der Waals surface area contributed by atoms with Crippen LogP contribution < -0.4 is 10.6 Å². The molecule has 10 nitrogen and oxygen atoms in total. The fraction of sp³-hybridized carbons (Fsp3) is 0.750. The van der Waals surface area contributed by atoms with E-state index in [1.165, 1.54) is 0 Å². The van der Waals surface area contributed by atoms with Gasteiger partial charge in [-0.2, -0.15) is 10.2 Å². The number of aliphatic carboxylic acids is 2. The summed E-state index contributed by atoms with van der Waals surface area (Å²) in [6, 6.07) is 0. The van der Waals surface area contributed by atoms with Gasteiger partial charge in [0.1, 0.15) is 22.7 Å². The second-order valence-electron chi connectivity index (χ2n) is 6.92. The molecule has 0 saturated carbocycles. The molecule has 0 aliphatic rings. The fourth-order valence-corrected chi connectivity index (χ4v) is 1.69. The molecule has 0 rings (SSSR count). The van der Waals surface area contributed by atoms with Crippen LogP contribution >= 0.6 is 0 Å². The van der Waals surface area contributed by atoms with Gasteiger partial charge in [-0.15, -0.1) is 0 Å². The quantitative estimate of drug-likeness (QED) is 0.132. The van der Waals surface area contributed by atoms with Crippen LogP contribution in [0.5, 0.6) is 0 Å². The minimum atomic E-state index is -0.940. The Kier molecular flexibility index (Phi) is 9.45. The van der Waals surface area contributed by atoms with Crippen molar-refractivity contribution in [1.82, 2.24) is 10.6 Å². The highest BCUT2D eigenvalue weighted by molar-refractivity contribution is 5.89. The molecular formula is C16H30N6O4. The predicted molar refractivity (Wildman–Crippen MR) is 98.2 cm³/mol. The lowest BCUT2D eigenvalue weighted by atomic mass is 10.0. The Morgan fingerprint density at radius 2 is 1.12 bits per heavy atom. The van der Waals surface area contributed by atoms with Gasteiger partial charge in [-0.25, -0.2) is 0 Å². The molecule has 0 unspecified atom stereocenters. The molecule has 0 aromatic heterocycles. The number of amidine groups is 2. The molecule has 0 aromatic rings. The van der Waals surface area contributed by atoms with Gasteiger partial charge >= 0.3 is 11.9 Å². The predicted octanol–water partition coefficient (Wildman–Crippen LogP) is 1.86. The van der Waals surface area contributed by atoms with Gasteiger partial charge in [-0.3, -0.25) is 20.4 Å². The summed E-state index contributed by atoms with van der Waals surface area (Å²) in [5, 5.41) is 47.3. The van der Waals surface area contributed by atoms with Gasteiger partial charge in [0.2, 0.25) is 0 Å². The monoisotopic (exact) mass is 370 g/mol. The highest BCUT2D eigenvalue weighted by Crippen LogP contribution is 2.17. The smallest absolute Gasteiger partial charge is 0.303 e. The van der Waals surface area contributed by atoms with Crippen LogP contribution in [0, 0.1) is 10.8 Å². The molecule has 0 aliphatic carbocycles. The molecule has 10 heteroatoms. The lowest BCUT2D eigenvalue weighted by molar-refractivity contribution is -0.138. The van der Waals surface area contributed by atoms with E-state index in [4.69, 9.17) is 21.0 Å². The molecule has 26 heavy (non-hydrogen) atoms.